The predicted molar refractivity (Wildman–Crippen MR) is 79.5 cm³/mol. The van der Waals surface area contributed by atoms with Crippen LogP contribution in [-0.4, -0.2) is 17.4 Å². The topological polar surface area (TPSA) is 20.3 Å². The third-order valence-corrected chi connectivity index (χ3v) is 5.92. The number of fused-ring (bicyclic) bond motifs is 1. The molecule has 0 N–H and O–H groups in total. The Morgan fingerprint density at radius 1 is 1.50 bits per heavy atom. The van der Waals surface area contributed by atoms with Crippen LogP contribution in [0, 0.1) is 6.92 Å². The summed E-state index contributed by atoms with van der Waals surface area (Å²) in [5.74, 6) is 0.176. The Hall–Kier alpha value is -0.650. The second-order valence-corrected chi connectivity index (χ2v) is 7.84. The Morgan fingerprint density at radius 3 is 3.06 bits per heavy atom. The zero-order chi connectivity index (χ0) is 12.7. The Bertz CT molecular complexity index is 602. The Labute approximate surface area is 122 Å². The summed E-state index contributed by atoms with van der Waals surface area (Å²) in [4.78, 5) is 16.7. The van der Waals surface area contributed by atoms with E-state index in [9.17, 15) is 4.79 Å². The maximum atomic E-state index is 12.4. The van der Waals surface area contributed by atoms with Crippen molar-refractivity contribution in [1.29, 1.82) is 0 Å². The van der Waals surface area contributed by atoms with Crippen LogP contribution in [0.3, 0.4) is 0 Å². The van der Waals surface area contributed by atoms with Crippen molar-refractivity contribution in [2.45, 2.75) is 19.9 Å². The van der Waals surface area contributed by atoms with Gasteiger partial charge in [-0.3, -0.25) is 4.79 Å². The average molecular weight is 342 g/mol. The summed E-state index contributed by atoms with van der Waals surface area (Å²) in [6.45, 7) is 3.57. The number of carbonyl (C=O) groups is 1. The fraction of sp³-hybridized carbons (Fsp3) is 0.308. The summed E-state index contributed by atoms with van der Waals surface area (Å²) in [5.41, 5.74) is 2.38. The van der Waals surface area contributed by atoms with E-state index in [1.165, 1.54) is 21.8 Å². The third kappa shape index (κ3) is 2.15. The van der Waals surface area contributed by atoms with Crippen LogP contribution in [0.15, 0.2) is 21.3 Å². The van der Waals surface area contributed by atoms with Crippen molar-refractivity contribution in [1.82, 2.24) is 4.90 Å². The first kappa shape index (κ1) is 12.4. The monoisotopic (exact) mass is 341 g/mol. The largest absolute Gasteiger partial charge is 0.333 e. The first-order chi connectivity index (χ1) is 8.65. The van der Waals surface area contributed by atoms with E-state index in [1.54, 1.807) is 11.3 Å². The Kier molecular flexibility index (Phi) is 3.30. The van der Waals surface area contributed by atoms with E-state index in [-0.39, 0.29) is 5.91 Å². The molecule has 5 heteroatoms. The quantitative estimate of drug-likeness (QED) is 0.765. The number of amides is 1. The van der Waals surface area contributed by atoms with Gasteiger partial charge in [0.15, 0.2) is 0 Å². The van der Waals surface area contributed by atoms with Gasteiger partial charge < -0.3 is 4.90 Å². The maximum absolute atomic E-state index is 12.4. The molecule has 3 rings (SSSR count). The van der Waals surface area contributed by atoms with Crippen LogP contribution in [0.2, 0.25) is 0 Å². The van der Waals surface area contributed by atoms with E-state index in [0.717, 1.165) is 33.7 Å². The number of halogens is 1. The number of nitrogens with zero attached hydrogens (tertiary/aromatic N) is 1. The lowest BCUT2D eigenvalue weighted by Crippen LogP contribution is -2.35. The van der Waals surface area contributed by atoms with Crippen molar-refractivity contribution >= 4 is 44.5 Å². The summed E-state index contributed by atoms with van der Waals surface area (Å²) in [6.07, 6.45) is 0.974. The van der Waals surface area contributed by atoms with Crippen LogP contribution in [-0.2, 0) is 13.0 Å². The van der Waals surface area contributed by atoms with Crippen molar-refractivity contribution in [3.8, 4) is 0 Å². The van der Waals surface area contributed by atoms with Crippen LogP contribution in [0.1, 0.15) is 25.7 Å². The van der Waals surface area contributed by atoms with Crippen LogP contribution >= 0.6 is 38.6 Å². The number of rotatable bonds is 1. The number of carbonyl (C=O) groups excluding carboxylic acids is 1. The lowest BCUT2D eigenvalue weighted by molar-refractivity contribution is 0.0740. The fourth-order valence-electron chi connectivity index (χ4n) is 2.21. The number of hydrogen-bond acceptors (Lipinski definition) is 3. The van der Waals surface area contributed by atoms with Gasteiger partial charge in [0.05, 0.1) is 8.66 Å². The molecular formula is C13H12BrNOS2. The highest BCUT2D eigenvalue weighted by Gasteiger charge is 2.24. The van der Waals surface area contributed by atoms with Gasteiger partial charge in [-0.2, -0.15) is 0 Å². The molecule has 1 aliphatic heterocycles. The van der Waals surface area contributed by atoms with Gasteiger partial charge in [-0.1, -0.05) is 0 Å². The number of aryl methyl sites for hydroxylation is 1. The highest BCUT2D eigenvalue weighted by atomic mass is 79.9. The summed E-state index contributed by atoms with van der Waals surface area (Å²) in [5, 5.41) is 1.99. The second kappa shape index (κ2) is 4.79. The summed E-state index contributed by atoms with van der Waals surface area (Å²) < 4.78 is 1.16. The number of hydrogen-bond donors (Lipinski definition) is 0. The molecule has 0 radical (unpaired) electrons. The number of thiophene rings is 2. The van der Waals surface area contributed by atoms with Crippen LogP contribution in [0.25, 0.3) is 0 Å². The van der Waals surface area contributed by atoms with Gasteiger partial charge in [0.25, 0.3) is 5.91 Å². The molecule has 0 atom stereocenters. The first-order valence-corrected chi connectivity index (χ1v) is 8.24. The van der Waals surface area contributed by atoms with Gasteiger partial charge in [-0.25, -0.2) is 0 Å². The average Bonchev–Trinajstić information content (AvgIpc) is 2.91. The standard InChI is InChI=1S/C13H12BrNOS2/c1-8-3-5-17-12(8)13(16)15-4-2-10-9(7-15)6-11(14)18-10/h3,5-6H,2,4,7H2,1H3. The van der Waals surface area contributed by atoms with Crippen LogP contribution in [0.4, 0.5) is 0 Å². The minimum atomic E-state index is 0.176. The Balaban J connectivity index is 1.84. The SMILES string of the molecule is Cc1ccsc1C(=O)N1CCc2sc(Br)cc2C1. The van der Waals surface area contributed by atoms with E-state index in [1.807, 2.05) is 23.3 Å². The van der Waals surface area contributed by atoms with Crippen molar-refractivity contribution in [2.75, 3.05) is 6.54 Å². The minimum absolute atomic E-state index is 0.176. The fourth-order valence-corrected chi connectivity index (χ4v) is 4.84. The van der Waals surface area contributed by atoms with Crippen molar-refractivity contribution in [3.63, 3.8) is 0 Å². The highest BCUT2D eigenvalue weighted by Crippen LogP contribution is 2.32. The van der Waals surface area contributed by atoms with E-state index in [4.69, 9.17) is 0 Å². The van der Waals surface area contributed by atoms with Gasteiger partial charge in [-0.15, -0.1) is 22.7 Å². The summed E-state index contributed by atoms with van der Waals surface area (Å²) >= 11 is 6.84. The molecule has 0 aromatic carbocycles. The molecule has 94 valence electrons. The molecule has 1 amide bonds. The van der Waals surface area contributed by atoms with E-state index < -0.39 is 0 Å². The minimum Gasteiger partial charge on any atom is -0.333 e. The van der Waals surface area contributed by atoms with Gasteiger partial charge in [-0.05, 0) is 57.9 Å². The molecule has 18 heavy (non-hydrogen) atoms. The van der Waals surface area contributed by atoms with Gasteiger partial charge in [0.2, 0.25) is 0 Å². The van der Waals surface area contributed by atoms with Crippen molar-refractivity contribution in [3.05, 3.63) is 42.2 Å². The molecule has 2 nitrogen and oxygen atoms in total. The molecular weight excluding hydrogens is 330 g/mol. The predicted octanol–water partition coefficient (Wildman–Crippen LogP) is 4.08. The van der Waals surface area contributed by atoms with Gasteiger partial charge in [0, 0.05) is 18.0 Å². The van der Waals surface area contributed by atoms with Crippen molar-refractivity contribution < 1.29 is 4.79 Å². The van der Waals surface area contributed by atoms with E-state index in [0.29, 0.717) is 0 Å². The molecule has 2 aromatic rings. The van der Waals surface area contributed by atoms with E-state index >= 15 is 0 Å². The van der Waals surface area contributed by atoms with Gasteiger partial charge >= 0.3 is 0 Å². The first-order valence-electron chi connectivity index (χ1n) is 5.75. The molecule has 1 aliphatic rings. The zero-order valence-corrected chi connectivity index (χ0v) is 13.1. The normalized spacial score (nSPS) is 14.7. The molecule has 0 saturated carbocycles. The molecule has 0 aliphatic carbocycles. The molecule has 0 unspecified atom stereocenters. The van der Waals surface area contributed by atoms with Gasteiger partial charge in [0.1, 0.15) is 0 Å². The molecule has 3 heterocycles. The Morgan fingerprint density at radius 2 is 2.33 bits per heavy atom. The van der Waals surface area contributed by atoms with Crippen molar-refractivity contribution in [2.24, 2.45) is 0 Å². The molecule has 0 saturated heterocycles. The lowest BCUT2D eigenvalue weighted by Gasteiger charge is -2.26. The molecule has 0 fully saturated rings. The van der Waals surface area contributed by atoms with E-state index in [2.05, 4.69) is 22.0 Å². The maximum Gasteiger partial charge on any atom is 0.264 e. The zero-order valence-electron chi connectivity index (χ0n) is 9.90. The summed E-state index contributed by atoms with van der Waals surface area (Å²) in [6, 6.07) is 4.15. The summed E-state index contributed by atoms with van der Waals surface area (Å²) in [7, 11) is 0. The van der Waals surface area contributed by atoms with Crippen LogP contribution in [0.5, 0.6) is 0 Å². The third-order valence-electron chi connectivity index (χ3n) is 3.18. The highest BCUT2D eigenvalue weighted by molar-refractivity contribution is 9.11. The lowest BCUT2D eigenvalue weighted by atomic mass is 10.1. The molecule has 2 aromatic heterocycles. The molecule has 0 bridgehead atoms. The smallest absolute Gasteiger partial charge is 0.264 e. The molecule has 0 spiro atoms. The van der Waals surface area contributed by atoms with Crippen LogP contribution < -0.4 is 0 Å². The second-order valence-electron chi connectivity index (χ2n) is 4.41.